The number of carbonyl (C=O) groups is 1. The van der Waals surface area contributed by atoms with Crippen molar-refractivity contribution >= 4 is 16.9 Å². The van der Waals surface area contributed by atoms with E-state index in [-0.39, 0.29) is 12.1 Å². The van der Waals surface area contributed by atoms with Gasteiger partial charge in [0.05, 0.1) is 30.5 Å². The fourth-order valence-electron chi connectivity index (χ4n) is 1.86. The van der Waals surface area contributed by atoms with Gasteiger partial charge in [0.25, 0.3) is 0 Å². The van der Waals surface area contributed by atoms with Crippen LogP contribution in [0.3, 0.4) is 0 Å². The molecule has 0 unspecified atom stereocenters. The molecule has 0 spiro atoms. The molecule has 0 aliphatic carbocycles. The van der Waals surface area contributed by atoms with Crippen LogP contribution in [0.2, 0.25) is 0 Å². The molecule has 1 aliphatic heterocycles. The van der Waals surface area contributed by atoms with Gasteiger partial charge in [0.1, 0.15) is 6.10 Å². The number of para-hydroxylation sites is 1. The number of carbonyl (C=O) groups excluding carboxylic acids is 1. The van der Waals surface area contributed by atoms with Crippen LogP contribution in [0, 0.1) is 0 Å². The number of ether oxygens (including phenoxy) is 2. The molecule has 1 atom stereocenters. The second-order valence-corrected chi connectivity index (χ2v) is 3.93. The molecule has 3 rings (SSSR count). The highest BCUT2D eigenvalue weighted by Crippen LogP contribution is 2.31. The van der Waals surface area contributed by atoms with Gasteiger partial charge in [-0.1, -0.05) is 18.2 Å². The maximum absolute atomic E-state index is 11.7. The van der Waals surface area contributed by atoms with Crippen molar-refractivity contribution in [1.82, 2.24) is 4.98 Å². The second kappa shape index (κ2) is 3.82. The Bertz CT molecular complexity index is 590. The van der Waals surface area contributed by atoms with Crippen LogP contribution in [0.4, 0.5) is 0 Å². The van der Waals surface area contributed by atoms with E-state index in [1.54, 1.807) is 6.07 Å². The molecule has 86 valence electrons. The molecule has 0 saturated carbocycles. The predicted molar refractivity (Wildman–Crippen MR) is 61.8 cm³/mol. The molecule has 0 N–H and O–H groups in total. The Balaban J connectivity index is 2.25. The zero-order valence-corrected chi connectivity index (χ0v) is 9.34. The molecule has 4 nitrogen and oxygen atoms in total. The summed E-state index contributed by atoms with van der Waals surface area (Å²) in [5.74, 6) is -0.342. The number of benzene rings is 1. The zero-order chi connectivity index (χ0) is 11.8. The number of nitrogens with zero attached hydrogens (tertiary/aromatic N) is 1. The van der Waals surface area contributed by atoms with Gasteiger partial charge in [-0.15, -0.1) is 0 Å². The van der Waals surface area contributed by atoms with Gasteiger partial charge in [0, 0.05) is 5.39 Å². The number of fused-ring (bicyclic) bond motifs is 1. The first kappa shape index (κ1) is 10.2. The van der Waals surface area contributed by atoms with Crippen LogP contribution in [0.5, 0.6) is 0 Å². The normalized spacial score (nSPS) is 18.1. The van der Waals surface area contributed by atoms with Crippen LogP contribution in [0.25, 0.3) is 10.9 Å². The molecule has 1 aliphatic rings. The third kappa shape index (κ3) is 1.76. The molecular formula is C13H11NO3. The van der Waals surface area contributed by atoms with Crippen molar-refractivity contribution in [3.8, 4) is 0 Å². The third-order valence-corrected chi connectivity index (χ3v) is 2.80. The van der Waals surface area contributed by atoms with Gasteiger partial charge in [-0.2, -0.15) is 0 Å². The summed E-state index contributed by atoms with van der Waals surface area (Å²) in [5.41, 5.74) is 2.13. The highest BCUT2D eigenvalue weighted by molar-refractivity contribution is 6.03. The highest BCUT2D eigenvalue weighted by Gasteiger charge is 2.28. The number of aromatic nitrogens is 1. The number of esters is 1. The molecule has 2 aromatic rings. The fraction of sp³-hybridized carbons (Fsp3) is 0.231. The summed E-state index contributed by atoms with van der Waals surface area (Å²) >= 11 is 0. The summed E-state index contributed by atoms with van der Waals surface area (Å²) in [6.07, 6.45) is 0.0306. The lowest BCUT2D eigenvalue weighted by Crippen LogP contribution is -2.04. The lowest BCUT2D eigenvalue weighted by molar-refractivity contribution is 0.0603. The summed E-state index contributed by atoms with van der Waals surface area (Å²) in [4.78, 5) is 16.2. The number of pyridine rings is 1. The molecule has 1 aromatic heterocycles. The third-order valence-electron chi connectivity index (χ3n) is 2.80. The average Bonchev–Trinajstić information content (AvgIpc) is 3.21. The Morgan fingerprint density at radius 2 is 2.24 bits per heavy atom. The molecule has 0 radical (unpaired) electrons. The molecular weight excluding hydrogens is 218 g/mol. The maximum Gasteiger partial charge on any atom is 0.338 e. The maximum atomic E-state index is 11.7. The zero-order valence-electron chi connectivity index (χ0n) is 9.34. The largest absolute Gasteiger partial charge is 0.465 e. The first-order valence-electron chi connectivity index (χ1n) is 5.39. The Morgan fingerprint density at radius 1 is 1.47 bits per heavy atom. The average molecular weight is 229 g/mol. The van der Waals surface area contributed by atoms with E-state index in [4.69, 9.17) is 9.47 Å². The number of hydrogen-bond donors (Lipinski definition) is 0. The number of rotatable bonds is 2. The van der Waals surface area contributed by atoms with Crippen molar-refractivity contribution in [2.75, 3.05) is 13.7 Å². The van der Waals surface area contributed by atoms with E-state index in [1.165, 1.54) is 7.11 Å². The lowest BCUT2D eigenvalue weighted by atomic mass is 10.1. The van der Waals surface area contributed by atoms with E-state index in [2.05, 4.69) is 4.98 Å². The van der Waals surface area contributed by atoms with Crippen LogP contribution >= 0.6 is 0 Å². The van der Waals surface area contributed by atoms with E-state index in [1.807, 2.05) is 24.3 Å². The second-order valence-electron chi connectivity index (χ2n) is 3.93. The van der Waals surface area contributed by atoms with Crippen LogP contribution in [0.1, 0.15) is 22.2 Å². The molecule has 1 aromatic carbocycles. The van der Waals surface area contributed by atoms with Gasteiger partial charge in [-0.3, -0.25) is 0 Å². The van der Waals surface area contributed by atoms with Gasteiger partial charge in [-0.25, -0.2) is 9.78 Å². The van der Waals surface area contributed by atoms with Gasteiger partial charge >= 0.3 is 5.97 Å². The SMILES string of the molecule is COC(=O)c1cc([C@@H]2CO2)nc2ccccc12. The summed E-state index contributed by atoms with van der Waals surface area (Å²) < 4.78 is 9.99. The first-order chi connectivity index (χ1) is 8.29. The summed E-state index contributed by atoms with van der Waals surface area (Å²) in [7, 11) is 1.38. The van der Waals surface area contributed by atoms with Crippen molar-refractivity contribution < 1.29 is 14.3 Å². The molecule has 1 fully saturated rings. The topological polar surface area (TPSA) is 51.7 Å². The molecule has 4 heteroatoms. The monoisotopic (exact) mass is 229 g/mol. The van der Waals surface area contributed by atoms with Crippen molar-refractivity contribution in [2.24, 2.45) is 0 Å². The van der Waals surface area contributed by atoms with E-state index in [0.717, 1.165) is 16.6 Å². The Labute approximate surface area is 98.2 Å². The minimum Gasteiger partial charge on any atom is -0.465 e. The Morgan fingerprint density at radius 3 is 2.94 bits per heavy atom. The summed E-state index contributed by atoms with van der Waals surface area (Å²) in [6, 6.07) is 9.28. The van der Waals surface area contributed by atoms with Gasteiger partial charge in [0.15, 0.2) is 0 Å². The van der Waals surface area contributed by atoms with E-state index >= 15 is 0 Å². The molecule has 0 amide bonds. The summed E-state index contributed by atoms with van der Waals surface area (Å²) in [5, 5.41) is 0.809. The van der Waals surface area contributed by atoms with E-state index < -0.39 is 0 Å². The Hall–Kier alpha value is -1.94. The minimum absolute atomic E-state index is 0.0306. The summed E-state index contributed by atoms with van der Waals surface area (Å²) in [6.45, 7) is 0.673. The fourth-order valence-corrected chi connectivity index (χ4v) is 1.86. The van der Waals surface area contributed by atoms with Crippen LogP contribution in [-0.2, 0) is 9.47 Å². The van der Waals surface area contributed by atoms with E-state index in [9.17, 15) is 4.79 Å². The lowest BCUT2D eigenvalue weighted by Gasteiger charge is -2.06. The van der Waals surface area contributed by atoms with Crippen LogP contribution in [-0.4, -0.2) is 24.7 Å². The van der Waals surface area contributed by atoms with Gasteiger partial charge in [0.2, 0.25) is 0 Å². The smallest absolute Gasteiger partial charge is 0.338 e. The van der Waals surface area contributed by atoms with Gasteiger partial charge < -0.3 is 9.47 Å². The molecule has 2 heterocycles. The predicted octanol–water partition coefficient (Wildman–Crippen LogP) is 2.09. The quantitative estimate of drug-likeness (QED) is 0.584. The van der Waals surface area contributed by atoms with Crippen LogP contribution < -0.4 is 0 Å². The standard InChI is InChI=1S/C13H11NO3/c1-16-13(15)9-6-11(12-7-17-12)14-10-5-3-2-4-8(9)10/h2-6,12H,7H2,1H3/t12-/m0/s1. The van der Waals surface area contributed by atoms with Crippen molar-refractivity contribution in [2.45, 2.75) is 6.10 Å². The molecule has 0 bridgehead atoms. The number of epoxide rings is 1. The number of hydrogen-bond acceptors (Lipinski definition) is 4. The Kier molecular flexibility index (Phi) is 2.30. The highest BCUT2D eigenvalue weighted by atomic mass is 16.6. The van der Waals surface area contributed by atoms with Gasteiger partial charge in [-0.05, 0) is 12.1 Å². The van der Waals surface area contributed by atoms with Crippen LogP contribution in [0.15, 0.2) is 30.3 Å². The minimum atomic E-state index is -0.342. The molecule has 1 saturated heterocycles. The van der Waals surface area contributed by atoms with Crippen molar-refractivity contribution in [1.29, 1.82) is 0 Å². The number of methoxy groups -OCH3 is 1. The van der Waals surface area contributed by atoms with Crippen molar-refractivity contribution in [3.63, 3.8) is 0 Å². The first-order valence-corrected chi connectivity index (χ1v) is 5.39. The van der Waals surface area contributed by atoms with E-state index in [0.29, 0.717) is 12.2 Å². The van der Waals surface area contributed by atoms with Crippen molar-refractivity contribution in [3.05, 3.63) is 41.6 Å². The molecule has 17 heavy (non-hydrogen) atoms.